The lowest BCUT2D eigenvalue weighted by Crippen LogP contribution is -2.53. The molecule has 7 heteroatoms. The van der Waals surface area contributed by atoms with Crippen LogP contribution in [0.5, 0.6) is 11.5 Å². The Morgan fingerprint density at radius 2 is 1.54 bits per heavy atom. The molecule has 0 radical (unpaired) electrons. The monoisotopic (exact) mass is 324 g/mol. The van der Waals surface area contributed by atoms with Gasteiger partial charge in [0.25, 0.3) is 17.7 Å². The Kier molecular flexibility index (Phi) is 3.19. The summed E-state index contributed by atoms with van der Waals surface area (Å²) < 4.78 is 11.0. The molecule has 0 bridgehead atoms. The number of fused-ring (bicyclic) bond motifs is 2. The number of hydrogen-bond acceptors (Lipinski definition) is 5. The summed E-state index contributed by atoms with van der Waals surface area (Å²) in [6, 6.07) is 13.4. The second kappa shape index (κ2) is 5.38. The Labute approximate surface area is 136 Å². The summed E-state index contributed by atoms with van der Waals surface area (Å²) >= 11 is 0. The zero-order valence-corrected chi connectivity index (χ0v) is 12.4. The molecular weight excluding hydrogens is 312 g/mol. The molecule has 1 N–H and O–H groups in total. The van der Waals surface area contributed by atoms with E-state index in [0.717, 1.165) is 0 Å². The molecule has 0 aromatic heterocycles. The van der Waals surface area contributed by atoms with Crippen molar-refractivity contribution in [1.82, 2.24) is 10.4 Å². The van der Waals surface area contributed by atoms with Crippen LogP contribution >= 0.6 is 0 Å². The first-order valence-corrected chi connectivity index (χ1v) is 7.32. The smallest absolute Gasteiger partial charge is 0.283 e. The summed E-state index contributed by atoms with van der Waals surface area (Å²) in [5.74, 6) is -0.783. The highest BCUT2D eigenvalue weighted by Gasteiger charge is 2.38. The highest BCUT2D eigenvalue weighted by Crippen LogP contribution is 2.31. The Morgan fingerprint density at radius 1 is 0.958 bits per heavy atom. The molecule has 4 rings (SSSR count). The van der Waals surface area contributed by atoms with Gasteiger partial charge in [0.05, 0.1) is 11.1 Å². The van der Waals surface area contributed by atoms with E-state index in [1.165, 1.54) is 12.1 Å². The van der Waals surface area contributed by atoms with Gasteiger partial charge in [-0.3, -0.25) is 19.8 Å². The Morgan fingerprint density at radius 3 is 2.21 bits per heavy atom. The van der Waals surface area contributed by atoms with E-state index in [0.29, 0.717) is 16.5 Å². The molecule has 2 aromatic carbocycles. The lowest BCUT2D eigenvalue weighted by atomic mass is 10.1. The van der Waals surface area contributed by atoms with E-state index < -0.39 is 23.8 Å². The van der Waals surface area contributed by atoms with E-state index >= 15 is 0 Å². The lowest BCUT2D eigenvalue weighted by Gasteiger charge is -2.26. The number of carbonyl (C=O) groups excluding carboxylic acids is 3. The van der Waals surface area contributed by atoms with Crippen molar-refractivity contribution in [2.75, 3.05) is 6.61 Å². The minimum Gasteiger partial charge on any atom is -0.485 e. The van der Waals surface area contributed by atoms with Crippen LogP contribution in [-0.4, -0.2) is 35.4 Å². The average molecular weight is 324 g/mol. The number of hydrazine groups is 1. The molecule has 24 heavy (non-hydrogen) atoms. The van der Waals surface area contributed by atoms with Gasteiger partial charge < -0.3 is 9.47 Å². The number of nitrogens with zero attached hydrogens (tertiary/aromatic N) is 1. The van der Waals surface area contributed by atoms with Crippen LogP contribution in [0.4, 0.5) is 0 Å². The number of ether oxygens (including phenoxy) is 2. The molecule has 120 valence electrons. The molecular formula is C17H12N2O5. The number of imide groups is 1. The molecule has 0 aliphatic carbocycles. The summed E-state index contributed by atoms with van der Waals surface area (Å²) in [5.41, 5.74) is 2.83. The van der Waals surface area contributed by atoms with Gasteiger partial charge in [0.1, 0.15) is 6.61 Å². The average Bonchev–Trinajstić information content (AvgIpc) is 2.86. The normalized spacial score (nSPS) is 18.3. The molecule has 2 aliphatic rings. The van der Waals surface area contributed by atoms with Crippen LogP contribution in [0.3, 0.4) is 0 Å². The fourth-order valence-corrected chi connectivity index (χ4v) is 2.62. The van der Waals surface area contributed by atoms with Crippen LogP contribution in [-0.2, 0) is 4.79 Å². The van der Waals surface area contributed by atoms with Gasteiger partial charge in [-0.2, -0.15) is 5.01 Å². The topological polar surface area (TPSA) is 84.9 Å². The fraction of sp³-hybridized carbons (Fsp3) is 0.118. The van der Waals surface area contributed by atoms with Crippen LogP contribution in [0.1, 0.15) is 20.7 Å². The van der Waals surface area contributed by atoms with Gasteiger partial charge >= 0.3 is 0 Å². The summed E-state index contributed by atoms with van der Waals surface area (Å²) in [6.45, 7) is -0.00792. The van der Waals surface area contributed by atoms with Crippen molar-refractivity contribution in [3.8, 4) is 11.5 Å². The molecule has 0 saturated carbocycles. The number of hydrogen-bond donors (Lipinski definition) is 1. The minimum atomic E-state index is -0.954. The third kappa shape index (κ3) is 2.18. The van der Waals surface area contributed by atoms with Crippen LogP contribution in [0.25, 0.3) is 0 Å². The van der Waals surface area contributed by atoms with Crippen molar-refractivity contribution in [3.63, 3.8) is 0 Å². The van der Waals surface area contributed by atoms with E-state index in [2.05, 4.69) is 5.43 Å². The van der Waals surface area contributed by atoms with E-state index in [-0.39, 0.29) is 17.7 Å². The maximum absolute atomic E-state index is 12.3. The number of rotatable bonds is 2. The van der Waals surface area contributed by atoms with E-state index in [1.807, 2.05) is 0 Å². The molecule has 0 saturated heterocycles. The van der Waals surface area contributed by atoms with Crippen molar-refractivity contribution < 1.29 is 23.9 Å². The van der Waals surface area contributed by atoms with Gasteiger partial charge in [0, 0.05) is 0 Å². The highest BCUT2D eigenvalue weighted by atomic mass is 16.6. The molecule has 2 aliphatic heterocycles. The Hall–Kier alpha value is -3.35. The van der Waals surface area contributed by atoms with Gasteiger partial charge in [-0.25, -0.2) is 0 Å². The summed E-state index contributed by atoms with van der Waals surface area (Å²) in [7, 11) is 0. The first-order chi connectivity index (χ1) is 11.6. The summed E-state index contributed by atoms with van der Waals surface area (Å²) in [4.78, 5) is 36.8. The third-order valence-corrected chi connectivity index (χ3v) is 3.82. The Bertz CT molecular complexity index is 829. The number of nitrogens with one attached hydrogen (secondary N) is 1. The predicted octanol–water partition coefficient (Wildman–Crippen LogP) is 1.15. The van der Waals surface area contributed by atoms with E-state index in [1.54, 1.807) is 36.4 Å². The van der Waals surface area contributed by atoms with Crippen molar-refractivity contribution in [3.05, 3.63) is 59.7 Å². The minimum absolute atomic E-state index is 0.00792. The Balaban J connectivity index is 1.50. The van der Waals surface area contributed by atoms with Crippen LogP contribution in [0, 0.1) is 0 Å². The van der Waals surface area contributed by atoms with Crippen molar-refractivity contribution in [2.24, 2.45) is 0 Å². The first-order valence-electron chi connectivity index (χ1n) is 7.32. The fourth-order valence-electron chi connectivity index (χ4n) is 2.62. The molecule has 0 fully saturated rings. The highest BCUT2D eigenvalue weighted by molar-refractivity contribution is 6.21. The van der Waals surface area contributed by atoms with Crippen molar-refractivity contribution >= 4 is 17.7 Å². The van der Waals surface area contributed by atoms with Gasteiger partial charge in [0.2, 0.25) is 6.10 Å². The van der Waals surface area contributed by atoms with Crippen LogP contribution in [0.2, 0.25) is 0 Å². The first kappa shape index (κ1) is 14.3. The van der Waals surface area contributed by atoms with Crippen molar-refractivity contribution in [2.45, 2.75) is 6.10 Å². The third-order valence-electron chi connectivity index (χ3n) is 3.82. The molecule has 0 spiro atoms. The SMILES string of the molecule is O=C(NN1C(=O)c2ccccc2C1=O)C1COc2ccccc2O1. The second-order valence-corrected chi connectivity index (χ2v) is 5.33. The molecule has 1 atom stereocenters. The second-order valence-electron chi connectivity index (χ2n) is 5.33. The van der Waals surface area contributed by atoms with Gasteiger partial charge in [-0.1, -0.05) is 24.3 Å². The maximum Gasteiger partial charge on any atom is 0.283 e. The molecule has 2 heterocycles. The van der Waals surface area contributed by atoms with Crippen LogP contribution < -0.4 is 14.9 Å². The molecule has 2 aromatic rings. The van der Waals surface area contributed by atoms with Gasteiger partial charge in [-0.05, 0) is 24.3 Å². The molecule has 7 nitrogen and oxygen atoms in total. The van der Waals surface area contributed by atoms with Crippen LogP contribution in [0.15, 0.2) is 48.5 Å². The van der Waals surface area contributed by atoms with E-state index in [4.69, 9.17) is 9.47 Å². The van der Waals surface area contributed by atoms with Gasteiger partial charge in [0.15, 0.2) is 11.5 Å². The largest absolute Gasteiger partial charge is 0.485 e. The molecule has 3 amide bonds. The maximum atomic E-state index is 12.3. The summed E-state index contributed by atoms with van der Waals surface area (Å²) in [5, 5.41) is 0.705. The lowest BCUT2D eigenvalue weighted by molar-refractivity contribution is -0.133. The quantitative estimate of drug-likeness (QED) is 0.838. The van der Waals surface area contributed by atoms with E-state index in [9.17, 15) is 14.4 Å². The summed E-state index contributed by atoms with van der Waals surface area (Å²) in [6.07, 6.45) is -0.954. The zero-order chi connectivity index (χ0) is 16.7. The number of amides is 3. The number of para-hydroxylation sites is 2. The zero-order valence-electron chi connectivity index (χ0n) is 12.4. The number of carbonyl (C=O) groups is 3. The molecule has 1 unspecified atom stereocenters. The van der Waals surface area contributed by atoms with Gasteiger partial charge in [-0.15, -0.1) is 0 Å². The predicted molar refractivity (Wildman–Crippen MR) is 81.4 cm³/mol. The van der Waals surface area contributed by atoms with Crippen molar-refractivity contribution in [1.29, 1.82) is 0 Å². The number of benzene rings is 2. The standard InChI is InChI=1S/C17H12N2O5/c20-15(14-9-23-12-7-3-4-8-13(12)24-14)18-19-16(21)10-5-1-2-6-11(10)17(19)22/h1-8,14H,9H2,(H,18,20).